The Morgan fingerprint density at radius 3 is 2.53 bits per heavy atom. The molecule has 172 valence electrons. The van der Waals surface area contributed by atoms with Crippen molar-refractivity contribution < 1.29 is 29.9 Å². The van der Waals surface area contributed by atoms with E-state index < -0.39 is 37.1 Å². The molecule has 0 bridgehead atoms. The van der Waals surface area contributed by atoms with E-state index in [1.807, 2.05) is 6.07 Å². The lowest BCUT2D eigenvalue weighted by Gasteiger charge is -2.40. The first-order valence-electron chi connectivity index (χ1n) is 11.2. The summed E-state index contributed by atoms with van der Waals surface area (Å²) in [5.41, 5.74) is 5.74. The molecule has 2 unspecified atom stereocenters. The van der Waals surface area contributed by atoms with Gasteiger partial charge in [0.05, 0.1) is 13.2 Å². The van der Waals surface area contributed by atoms with Crippen LogP contribution in [0.15, 0.2) is 36.4 Å². The van der Waals surface area contributed by atoms with Gasteiger partial charge in [0.25, 0.3) is 0 Å². The lowest BCUT2D eigenvalue weighted by Crippen LogP contribution is -2.55. The quantitative estimate of drug-likeness (QED) is 0.556. The van der Waals surface area contributed by atoms with Gasteiger partial charge in [-0.05, 0) is 59.6 Å². The first-order valence-corrected chi connectivity index (χ1v) is 11.5. The first kappa shape index (κ1) is 22.3. The van der Waals surface area contributed by atoms with E-state index in [9.17, 15) is 20.4 Å². The predicted octanol–water partition coefficient (Wildman–Crippen LogP) is 1.95. The van der Waals surface area contributed by atoms with Crippen LogP contribution in [0.2, 0.25) is 5.02 Å². The van der Waals surface area contributed by atoms with E-state index in [1.54, 1.807) is 12.1 Å². The first-order chi connectivity index (χ1) is 15.4. The number of fused-ring (bicyclic) bond motifs is 1. The van der Waals surface area contributed by atoms with Crippen molar-refractivity contribution in [3.63, 3.8) is 0 Å². The summed E-state index contributed by atoms with van der Waals surface area (Å²) in [6, 6.07) is 12.0. The Kier molecular flexibility index (Phi) is 6.05. The van der Waals surface area contributed by atoms with Gasteiger partial charge in [0.2, 0.25) is 0 Å². The van der Waals surface area contributed by atoms with Crippen molar-refractivity contribution in [2.45, 2.75) is 56.2 Å². The van der Waals surface area contributed by atoms with Crippen molar-refractivity contribution in [3.05, 3.63) is 69.2 Å². The van der Waals surface area contributed by atoms with Crippen LogP contribution in [-0.2, 0) is 28.7 Å². The Hall–Kier alpha value is -1.51. The highest BCUT2D eigenvalue weighted by Crippen LogP contribution is 2.43. The van der Waals surface area contributed by atoms with Gasteiger partial charge in [-0.1, -0.05) is 41.9 Å². The molecular formula is C25H29ClO6. The minimum absolute atomic E-state index is 0.266. The molecule has 2 saturated heterocycles. The third kappa shape index (κ3) is 3.99. The van der Waals surface area contributed by atoms with E-state index >= 15 is 0 Å². The molecule has 2 aromatic rings. The normalized spacial score (nSPS) is 34.2. The zero-order chi connectivity index (χ0) is 22.5. The summed E-state index contributed by atoms with van der Waals surface area (Å²) in [5.74, 6) is 0. The summed E-state index contributed by atoms with van der Waals surface area (Å²) in [5, 5.41) is 40.7. The maximum absolute atomic E-state index is 10.5. The second kappa shape index (κ2) is 8.69. The number of ether oxygens (including phenoxy) is 2. The van der Waals surface area contributed by atoms with Gasteiger partial charge in [0, 0.05) is 17.0 Å². The Morgan fingerprint density at radius 1 is 0.969 bits per heavy atom. The zero-order valence-corrected chi connectivity index (χ0v) is 18.5. The monoisotopic (exact) mass is 460 g/mol. The molecule has 7 heteroatoms. The number of rotatable bonds is 4. The molecule has 4 N–H and O–H groups in total. The summed E-state index contributed by atoms with van der Waals surface area (Å²) in [4.78, 5) is 0. The fourth-order valence-corrected chi connectivity index (χ4v) is 5.61. The molecule has 2 fully saturated rings. The fraction of sp³-hybridized carbons (Fsp3) is 0.520. The van der Waals surface area contributed by atoms with Crippen LogP contribution in [0, 0.1) is 5.41 Å². The molecule has 0 amide bonds. The van der Waals surface area contributed by atoms with Crippen molar-refractivity contribution in [3.8, 4) is 0 Å². The lowest BCUT2D eigenvalue weighted by atomic mass is 9.84. The van der Waals surface area contributed by atoms with E-state index in [0.717, 1.165) is 43.6 Å². The minimum Gasteiger partial charge on any atom is -0.394 e. The average molecular weight is 461 g/mol. The van der Waals surface area contributed by atoms with Gasteiger partial charge in [0.1, 0.15) is 30.5 Å². The van der Waals surface area contributed by atoms with Gasteiger partial charge in [-0.2, -0.15) is 0 Å². The Balaban J connectivity index is 1.37. The highest BCUT2D eigenvalue weighted by Gasteiger charge is 2.44. The number of aliphatic hydroxyl groups is 4. The molecule has 32 heavy (non-hydrogen) atoms. The molecule has 2 heterocycles. The number of halogens is 1. The van der Waals surface area contributed by atoms with Crippen LogP contribution in [0.5, 0.6) is 0 Å². The van der Waals surface area contributed by atoms with Gasteiger partial charge in [0.15, 0.2) is 0 Å². The molecule has 0 aromatic heterocycles. The molecule has 2 aliphatic heterocycles. The molecule has 6 nitrogen and oxygen atoms in total. The van der Waals surface area contributed by atoms with E-state index in [1.165, 1.54) is 11.1 Å². The average Bonchev–Trinajstić information content (AvgIpc) is 3.39. The van der Waals surface area contributed by atoms with Crippen LogP contribution in [0.1, 0.15) is 40.3 Å². The van der Waals surface area contributed by atoms with Crippen molar-refractivity contribution in [2.24, 2.45) is 5.41 Å². The minimum atomic E-state index is -1.41. The molecule has 5 rings (SSSR count). The second-order valence-corrected chi connectivity index (χ2v) is 9.94. The SMILES string of the molecule is OC[C@H]1OC(c2ccc(Cl)c(Cc3ccc4c(c3)CC3(CCOC3)C4)c2)[C@H](O)[C@@H](O)[C@@H]1O. The largest absolute Gasteiger partial charge is 0.394 e. The van der Waals surface area contributed by atoms with Crippen molar-refractivity contribution in [1.82, 2.24) is 0 Å². The molecule has 2 aromatic carbocycles. The molecule has 0 radical (unpaired) electrons. The predicted molar refractivity (Wildman–Crippen MR) is 119 cm³/mol. The maximum atomic E-state index is 10.5. The van der Waals surface area contributed by atoms with Crippen LogP contribution in [0.25, 0.3) is 0 Å². The van der Waals surface area contributed by atoms with Gasteiger partial charge in [-0.3, -0.25) is 0 Å². The van der Waals surface area contributed by atoms with Gasteiger partial charge < -0.3 is 29.9 Å². The van der Waals surface area contributed by atoms with E-state index in [0.29, 0.717) is 17.0 Å². The summed E-state index contributed by atoms with van der Waals surface area (Å²) < 4.78 is 11.4. The third-order valence-corrected chi connectivity index (χ3v) is 7.64. The summed E-state index contributed by atoms with van der Waals surface area (Å²) in [7, 11) is 0. The Bertz CT molecular complexity index is 986. The summed E-state index contributed by atoms with van der Waals surface area (Å²) in [6.07, 6.45) is -2.04. The molecule has 1 aliphatic carbocycles. The molecular weight excluding hydrogens is 432 g/mol. The van der Waals surface area contributed by atoms with Crippen molar-refractivity contribution in [2.75, 3.05) is 19.8 Å². The molecule has 6 atom stereocenters. The highest BCUT2D eigenvalue weighted by molar-refractivity contribution is 6.31. The van der Waals surface area contributed by atoms with Gasteiger partial charge >= 0.3 is 0 Å². The highest BCUT2D eigenvalue weighted by atomic mass is 35.5. The summed E-state index contributed by atoms with van der Waals surface area (Å²) in [6.45, 7) is 1.23. The smallest absolute Gasteiger partial charge is 0.113 e. The van der Waals surface area contributed by atoms with Crippen LogP contribution in [0.3, 0.4) is 0 Å². The van der Waals surface area contributed by atoms with E-state index in [4.69, 9.17) is 21.1 Å². The Labute approximate surface area is 192 Å². The van der Waals surface area contributed by atoms with E-state index in [-0.39, 0.29) is 5.41 Å². The topological polar surface area (TPSA) is 99.4 Å². The van der Waals surface area contributed by atoms with Crippen molar-refractivity contribution in [1.29, 1.82) is 0 Å². The Morgan fingerprint density at radius 2 is 1.78 bits per heavy atom. The van der Waals surface area contributed by atoms with Crippen LogP contribution in [0.4, 0.5) is 0 Å². The number of hydrogen-bond acceptors (Lipinski definition) is 6. The number of aliphatic hydroxyl groups excluding tert-OH is 4. The summed E-state index contributed by atoms with van der Waals surface area (Å²) >= 11 is 6.50. The lowest BCUT2D eigenvalue weighted by molar-refractivity contribution is -0.231. The number of benzene rings is 2. The van der Waals surface area contributed by atoms with E-state index in [2.05, 4.69) is 18.2 Å². The van der Waals surface area contributed by atoms with Gasteiger partial charge in [-0.25, -0.2) is 0 Å². The second-order valence-electron chi connectivity index (χ2n) is 9.54. The van der Waals surface area contributed by atoms with Crippen LogP contribution >= 0.6 is 11.6 Å². The molecule has 3 aliphatic rings. The fourth-order valence-electron chi connectivity index (χ4n) is 5.43. The number of hydrogen-bond donors (Lipinski definition) is 4. The maximum Gasteiger partial charge on any atom is 0.113 e. The molecule has 0 saturated carbocycles. The van der Waals surface area contributed by atoms with Crippen molar-refractivity contribution >= 4 is 11.6 Å². The van der Waals surface area contributed by atoms with Crippen LogP contribution in [-0.4, -0.2) is 64.7 Å². The van der Waals surface area contributed by atoms with Gasteiger partial charge in [-0.15, -0.1) is 0 Å². The third-order valence-electron chi connectivity index (χ3n) is 7.27. The van der Waals surface area contributed by atoms with Crippen LogP contribution < -0.4 is 0 Å². The standard InChI is InChI=1S/C25H29ClO6/c26-19-4-3-15(24-23(30)22(29)21(28)20(12-27)32-24)9-17(19)7-14-1-2-16-10-25(5-6-31-13-25)11-18(16)8-14/h1-4,8-9,20-24,27-30H,5-7,10-13H2/t20-,21-,22+,23-,24?,25?/m1/s1. The molecule has 1 spiro atoms. The zero-order valence-electron chi connectivity index (χ0n) is 17.8.